The van der Waals surface area contributed by atoms with Crippen molar-refractivity contribution in [3.63, 3.8) is 0 Å². The van der Waals surface area contributed by atoms with Crippen LogP contribution in [0.5, 0.6) is 0 Å². The predicted molar refractivity (Wildman–Crippen MR) is 140 cm³/mol. The molecule has 1 saturated heterocycles. The lowest BCUT2D eigenvalue weighted by Gasteiger charge is -2.33. The SMILES string of the molecule is O=C(O)CC(NC(=O)C1N(C(=O)c2ccc(Cl)c(Cl)c2)CCN1S(=O)(=O)c1cccs1)C1CCCCC1. The summed E-state index contributed by atoms with van der Waals surface area (Å²) < 4.78 is 28.0. The Hall–Kier alpha value is -2.18. The Kier molecular flexibility index (Phi) is 8.80. The fourth-order valence-corrected chi connectivity index (χ4v) is 7.94. The number of carboxylic acid groups (broad SMARTS) is 1. The smallest absolute Gasteiger partial charge is 0.305 e. The van der Waals surface area contributed by atoms with Crippen molar-refractivity contribution in [2.24, 2.45) is 5.92 Å². The lowest BCUT2D eigenvalue weighted by Crippen LogP contribution is -2.56. The molecular formula is C24H27Cl2N3O6S2. The Morgan fingerprint density at radius 3 is 2.43 bits per heavy atom. The largest absolute Gasteiger partial charge is 0.481 e. The molecule has 0 radical (unpaired) electrons. The summed E-state index contributed by atoms with van der Waals surface area (Å²) in [5.41, 5.74) is 0.150. The molecule has 4 rings (SSSR count). The van der Waals surface area contributed by atoms with Gasteiger partial charge in [-0.15, -0.1) is 11.3 Å². The average molecular weight is 589 g/mol. The second-order valence-electron chi connectivity index (χ2n) is 9.16. The summed E-state index contributed by atoms with van der Waals surface area (Å²) in [6.07, 6.45) is 2.67. The molecule has 37 heavy (non-hydrogen) atoms. The number of rotatable bonds is 8. The molecule has 2 heterocycles. The number of aliphatic carboxylic acids is 1. The summed E-state index contributed by atoms with van der Waals surface area (Å²) >= 11 is 13.1. The molecule has 1 aliphatic heterocycles. The third-order valence-electron chi connectivity index (χ3n) is 6.79. The molecule has 1 saturated carbocycles. The van der Waals surface area contributed by atoms with E-state index >= 15 is 0 Å². The zero-order valence-electron chi connectivity index (χ0n) is 19.8. The number of sulfonamides is 1. The normalized spacial score (nSPS) is 20.1. The zero-order chi connectivity index (χ0) is 26.7. The van der Waals surface area contributed by atoms with Crippen LogP contribution in [0, 0.1) is 5.92 Å². The summed E-state index contributed by atoms with van der Waals surface area (Å²) in [4.78, 5) is 40.0. The quantitative estimate of drug-likeness (QED) is 0.479. The average Bonchev–Trinajstić information content (AvgIpc) is 3.56. The number of carbonyl (C=O) groups excluding carboxylic acids is 2. The highest BCUT2D eigenvalue weighted by Crippen LogP contribution is 2.31. The van der Waals surface area contributed by atoms with Crippen molar-refractivity contribution in [2.45, 2.75) is 54.9 Å². The third kappa shape index (κ3) is 6.12. The number of amides is 2. The highest BCUT2D eigenvalue weighted by Gasteiger charge is 2.47. The van der Waals surface area contributed by atoms with E-state index in [4.69, 9.17) is 23.2 Å². The van der Waals surface area contributed by atoms with Gasteiger partial charge in [-0.25, -0.2) is 8.42 Å². The van der Waals surface area contributed by atoms with Gasteiger partial charge in [0.25, 0.3) is 21.8 Å². The summed E-state index contributed by atoms with van der Waals surface area (Å²) in [6, 6.07) is 6.62. The van der Waals surface area contributed by atoms with E-state index in [-0.39, 0.29) is 45.2 Å². The van der Waals surface area contributed by atoms with E-state index in [2.05, 4.69) is 5.32 Å². The van der Waals surface area contributed by atoms with Crippen molar-refractivity contribution in [2.75, 3.05) is 13.1 Å². The van der Waals surface area contributed by atoms with Crippen molar-refractivity contribution in [3.8, 4) is 0 Å². The molecule has 2 fully saturated rings. The van der Waals surface area contributed by atoms with Crippen molar-refractivity contribution in [1.29, 1.82) is 0 Å². The van der Waals surface area contributed by atoms with Crippen LogP contribution >= 0.6 is 34.5 Å². The lowest BCUT2D eigenvalue weighted by atomic mass is 9.82. The van der Waals surface area contributed by atoms with Crippen LogP contribution in [0.3, 0.4) is 0 Å². The molecule has 1 aliphatic carbocycles. The number of hydrogen-bond donors (Lipinski definition) is 2. The van der Waals surface area contributed by atoms with Crippen LogP contribution < -0.4 is 5.32 Å². The van der Waals surface area contributed by atoms with Gasteiger partial charge < -0.3 is 15.3 Å². The van der Waals surface area contributed by atoms with Crippen LogP contribution in [0.25, 0.3) is 0 Å². The minimum atomic E-state index is -4.10. The second-order valence-corrected chi connectivity index (χ2v) is 13.0. The van der Waals surface area contributed by atoms with Crippen molar-refractivity contribution in [1.82, 2.24) is 14.5 Å². The fourth-order valence-electron chi connectivity index (χ4n) is 4.98. The van der Waals surface area contributed by atoms with Crippen LogP contribution in [-0.4, -0.2) is 65.8 Å². The van der Waals surface area contributed by atoms with Crippen LogP contribution in [0.1, 0.15) is 48.9 Å². The van der Waals surface area contributed by atoms with Gasteiger partial charge in [-0.1, -0.05) is 48.5 Å². The molecular weight excluding hydrogens is 561 g/mol. The summed E-state index contributed by atoms with van der Waals surface area (Å²) in [7, 11) is -4.10. The molecule has 2 aliphatic rings. The molecule has 2 amide bonds. The van der Waals surface area contributed by atoms with E-state index in [9.17, 15) is 27.9 Å². The third-order valence-corrected chi connectivity index (χ3v) is 10.8. The maximum atomic E-state index is 13.7. The molecule has 1 aromatic carbocycles. The van der Waals surface area contributed by atoms with Crippen molar-refractivity contribution < 1.29 is 27.9 Å². The van der Waals surface area contributed by atoms with Gasteiger partial charge in [-0.05, 0) is 48.4 Å². The number of nitrogens with one attached hydrogen (secondary N) is 1. The van der Waals surface area contributed by atoms with Crippen LogP contribution in [0.15, 0.2) is 39.9 Å². The molecule has 200 valence electrons. The van der Waals surface area contributed by atoms with Gasteiger partial charge in [0.1, 0.15) is 4.21 Å². The van der Waals surface area contributed by atoms with Gasteiger partial charge >= 0.3 is 5.97 Å². The highest BCUT2D eigenvalue weighted by atomic mass is 35.5. The first-order valence-corrected chi connectivity index (χ1v) is 15.0. The van der Waals surface area contributed by atoms with Gasteiger partial charge in [0, 0.05) is 24.7 Å². The van der Waals surface area contributed by atoms with Gasteiger partial charge in [0.2, 0.25) is 0 Å². The van der Waals surface area contributed by atoms with E-state index in [1.165, 1.54) is 29.2 Å². The Morgan fingerprint density at radius 2 is 1.81 bits per heavy atom. The molecule has 2 atom stereocenters. The molecule has 13 heteroatoms. The first-order valence-electron chi connectivity index (χ1n) is 11.9. The van der Waals surface area contributed by atoms with E-state index < -0.39 is 40.0 Å². The van der Waals surface area contributed by atoms with Crippen LogP contribution in [0.4, 0.5) is 0 Å². The lowest BCUT2D eigenvalue weighted by molar-refractivity contribution is -0.138. The van der Waals surface area contributed by atoms with Crippen LogP contribution in [-0.2, 0) is 19.6 Å². The summed E-state index contributed by atoms with van der Waals surface area (Å²) in [5, 5.41) is 14.3. The van der Waals surface area contributed by atoms with E-state index in [1.54, 1.807) is 11.4 Å². The first kappa shape index (κ1) is 27.8. The molecule has 2 aromatic rings. The molecule has 2 N–H and O–H groups in total. The van der Waals surface area contributed by atoms with Gasteiger partial charge in [0.05, 0.1) is 16.5 Å². The number of carboxylic acids is 1. The van der Waals surface area contributed by atoms with Crippen molar-refractivity contribution >= 4 is 62.3 Å². The topological polar surface area (TPSA) is 124 Å². The second kappa shape index (κ2) is 11.7. The van der Waals surface area contributed by atoms with E-state index in [0.717, 1.165) is 47.7 Å². The van der Waals surface area contributed by atoms with Crippen LogP contribution in [0.2, 0.25) is 10.0 Å². The van der Waals surface area contributed by atoms with E-state index in [1.807, 2.05) is 0 Å². The molecule has 0 bridgehead atoms. The monoisotopic (exact) mass is 587 g/mol. The summed E-state index contributed by atoms with van der Waals surface area (Å²) in [5.74, 6) is -2.43. The predicted octanol–water partition coefficient (Wildman–Crippen LogP) is 4.07. The van der Waals surface area contributed by atoms with Gasteiger partial charge in [-0.3, -0.25) is 14.4 Å². The van der Waals surface area contributed by atoms with Gasteiger partial charge in [-0.2, -0.15) is 4.31 Å². The first-order chi connectivity index (χ1) is 17.6. The molecule has 9 nitrogen and oxygen atoms in total. The maximum absolute atomic E-state index is 13.7. The number of thiophene rings is 1. The minimum Gasteiger partial charge on any atom is -0.481 e. The Labute approximate surface area is 229 Å². The minimum absolute atomic E-state index is 0.0329. The number of halogens is 2. The Bertz CT molecular complexity index is 1270. The number of nitrogens with zero attached hydrogens (tertiary/aromatic N) is 2. The number of hydrogen-bond acceptors (Lipinski definition) is 6. The van der Waals surface area contributed by atoms with Gasteiger partial charge in [0.15, 0.2) is 6.17 Å². The Balaban J connectivity index is 1.68. The fraction of sp³-hybridized carbons (Fsp3) is 0.458. The number of carbonyl (C=O) groups is 3. The standard InChI is InChI=1S/C24H27Cl2N3O6S2/c25-17-9-8-16(13-18(17)26)24(33)28-10-11-29(37(34,35)21-7-4-12-36-21)23(28)22(32)27-19(14-20(30)31)15-5-2-1-3-6-15/h4,7-9,12-13,15,19,23H,1-3,5-6,10-11,14H2,(H,27,32)(H,30,31). The maximum Gasteiger partial charge on any atom is 0.305 e. The highest BCUT2D eigenvalue weighted by molar-refractivity contribution is 7.91. The number of benzene rings is 1. The van der Waals surface area contributed by atoms with Crippen molar-refractivity contribution in [3.05, 3.63) is 51.3 Å². The summed E-state index contributed by atoms with van der Waals surface area (Å²) in [6.45, 7) is -0.132. The van der Waals surface area contributed by atoms with E-state index in [0.29, 0.717) is 0 Å². The molecule has 0 spiro atoms. The zero-order valence-corrected chi connectivity index (χ0v) is 23.0. The molecule has 2 unspecified atom stereocenters. The molecule has 1 aromatic heterocycles. The Morgan fingerprint density at radius 1 is 1.08 bits per heavy atom.